The van der Waals surface area contributed by atoms with Gasteiger partial charge in [0.25, 0.3) is 5.91 Å². The van der Waals surface area contributed by atoms with E-state index in [4.69, 9.17) is 0 Å². The second kappa shape index (κ2) is 6.47. The minimum Gasteiger partial charge on any atom is -0.453 e. The van der Waals surface area contributed by atoms with E-state index in [2.05, 4.69) is 20.4 Å². The highest BCUT2D eigenvalue weighted by Crippen LogP contribution is 2.15. The van der Waals surface area contributed by atoms with Gasteiger partial charge < -0.3 is 10.1 Å². The summed E-state index contributed by atoms with van der Waals surface area (Å²) in [5.41, 5.74) is 0.820. The summed E-state index contributed by atoms with van der Waals surface area (Å²) in [4.78, 5) is 26.3. The van der Waals surface area contributed by atoms with E-state index in [1.165, 1.54) is 25.4 Å². The van der Waals surface area contributed by atoms with Gasteiger partial charge in [0, 0.05) is 17.6 Å². The van der Waals surface area contributed by atoms with Crippen molar-refractivity contribution >= 4 is 23.4 Å². The van der Waals surface area contributed by atoms with E-state index in [-0.39, 0.29) is 5.56 Å². The molecule has 0 fully saturated rings. The van der Waals surface area contributed by atoms with E-state index in [1.54, 1.807) is 24.3 Å². The van der Waals surface area contributed by atoms with Crippen molar-refractivity contribution < 1.29 is 18.7 Å². The van der Waals surface area contributed by atoms with Gasteiger partial charge in [0.05, 0.1) is 12.7 Å². The molecular formula is C14H12FN3O3. The molecule has 108 valence electrons. The van der Waals surface area contributed by atoms with Crippen molar-refractivity contribution in [3.8, 4) is 0 Å². The topological polar surface area (TPSA) is 80.3 Å². The van der Waals surface area contributed by atoms with Crippen LogP contribution in [0.4, 0.5) is 20.6 Å². The minimum absolute atomic E-state index is 0.144. The maximum Gasteiger partial charge on any atom is 0.411 e. The lowest BCUT2D eigenvalue weighted by Gasteiger charge is -2.07. The van der Waals surface area contributed by atoms with Crippen molar-refractivity contribution in [3.05, 3.63) is 54.1 Å². The van der Waals surface area contributed by atoms with Crippen LogP contribution in [-0.2, 0) is 4.74 Å². The molecule has 0 unspecified atom stereocenters. The average Bonchev–Trinajstić information content (AvgIpc) is 2.49. The molecule has 6 nitrogen and oxygen atoms in total. The highest BCUT2D eigenvalue weighted by atomic mass is 19.1. The maximum absolute atomic E-state index is 13.4. The summed E-state index contributed by atoms with van der Waals surface area (Å²) >= 11 is 0. The van der Waals surface area contributed by atoms with E-state index in [9.17, 15) is 14.0 Å². The Labute approximate surface area is 120 Å². The van der Waals surface area contributed by atoms with Crippen molar-refractivity contribution in [1.29, 1.82) is 0 Å². The molecule has 0 saturated heterocycles. The van der Waals surface area contributed by atoms with Gasteiger partial charge in [-0.25, -0.2) is 9.78 Å². The number of ether oxygens (including phenoxy) is 1. The fourth-order valence-electron chi connectivity index (χ4n) is 1.56. The predicted octanol–water partition coefficient (Wildman–Crippen LogP) is 2.65. The van der Waals surface area contributed by atoms with Crippen molar-refractivity contribution in [2.45, 2.75) is 0 Å². The molecule has 1 aromatic heterocycles. The minimum atomic E-state index is -0.834. The molecule has 0 aliphatic carbocycles. The third kappa shape index (κ3) is 3.75. The van der Waals surface area contributed by atoms with E-state index >= 15 is 0 Å². The summed E-state index contributed by atoms with van der Waals surface area (Å²) in [5.74, 6) is -1.44. The van der Waals surface area contributed by atoms with Crippen LogP contribution in [-0.4, -0.2) is 24.1 Å². The number of nitrogens with one attached hydrogen (secondary N) is 2. The zero-order valence-corrected chi connectivity index (χ0v) is 11.1. The number of aromatic nitrogens is 1. The Hall–Kier alpha value is -2.96. The first-order valence-corrected chi connectivity index (χ1v) is 5.97. The highest BCUT2D eigenvalue weighted by molar-refractivity contribution is 6.04. The molecule has 0 atom stereocenters. The third-order valence-electron chi connectivity index (χ3n) is 2.58. The normalized spacial score (nSPS) is 9.81. The number of hydrogen-bond acceptors (Lipinski definition) is 4. The van der Waals surface area contributed by atoms with Gasteiger partial charge in [-0.1, -0.05) is 0 Å². The zero-order chi connectivity index (χ0) is 15.2. The monoisotopic (exact) mass is 289 g/mol. The van der Waals surface area contributed by atoms with Gasteiger partial charge in [0.15, 0.2) is 0 Å². The molecule has 7 heteroatoms. The molecule has 0 bridgehead atoms. The second-order valence-corrected chi connectivity index (χ2v) is 3.99. The first-order chi connectivity index (χ1) is 10.1. The van der Waals surface area contributed by atoms with Crippen LogP contribution in [0, 0.1) is 5.95 Å². The number of rotatable bonds is 3. The summed E-state index contributed by atoms with van der Waals surface area (Å²) in [5, 5.41) is 5.00. The SMILES string of the molecule is COC(=O)Nc1ccc(NC(=O)c2cccnc2F)cc1. The average molecular weight is 289 g/mol. The summed E-state index contributed by atoms with van der Waals surface area (Å²) in [6.07, 6.45) is 0.670. The van der Waals surface area contributed by atoms with E-state index in [1.807, 2.05) is 0 Å². The van der Waals surface area contributed by atoms with Crippen LogP contribution in [0.25, 0.3) is 0 Å². The number of carbonyl (C=O) groups is 2. The predicted molar refractivity (Wildman–Crippen MR) is 74.6 cm³/mol. The number of anilines is 2. The van der Waals surface area contributed by atoms with E-state index in [0.717, 1.165) is 0 Å². The number of carbonyl (C=O) groups excluding carboxylic acids is 2. The molecule has 1 heterocycles. The molecule has 1 aromatic carbocycles. The molecular weight excluding hydrogens is 277 g/mol. The standard InChI is InChI=1S/C14H12FN3O3/c1-21-14(20)18-10-6-4-9(5-7-10)17-13(19)11-3-2-8-16-12(11)15/h2-8H,1H3,(H,17,19)(H,18,20). The molecule has 0 radical (unpaired) electrons. The van der Waals surface area contributed by atoms with Crippen LogP contribution in [0.15, 0.2) is 42.6 Å². The van der Waals surface area contributed by atoms with E-state index in [0.29, 0.717) is 11.4 Å². The fourth-order valence-corrected chi connectivity index (χ4v) is 1.56. The van der Waals surface area contributed by atoms with Crippen LogP contribution in [0.2, 0.25) is 0 Å². The van der Waals surface area contributed by atoms with Crippen LogP contribution < -0.4 is 10.6 Å². The smallest absolute Gasteiger partial charge is 0.411 e. The molecule has 2 rings (SSSR count). The Bertz CT molecular complexity index is 659. The fraction of sp³-hybridized carbons (Fsp3) is 0.0714. The van der Waals surface area contributed by atoms with Crippen molar-refractivity contribution in [2.75, 3.05) is 17.7 Å². The zero-order valence-electron chi connectivity index (χ0n) is 11.1. The maximum atomic E-state index is 13.4. The van der Waals surface area contributed by atoms with Crippen molar-refractivity contribution in [2.24, 2.45) is 0 Å². The lowest BCUT2D eigenvalue weighted by molar-refractivity contribution is 0.102. The van der Waals surface area contributed by atoms with Gasteiger partial charge in [-0.3, -0.25) is 10.1 Å². The summed E-state index contributed by atoms with van der Waals surface area (Å²) in [6, 6.07) is 9.10. The first-order valence-electron chi connectivity index (χ1n) is 5.97. The van der Waals surface area contributed by atoms with Crippen LogP contribution in [0.1, 0.15) is 10.4 Å². The molecule has 2 aromatic rings. The molecule has 2 amide bonds. The van der Waals surface area contributed by atoms with Gasteiger partial charge in [-0.2, -0.15) is 4.39 Å². The number of amides is 2. The van der Waals surface area contributed by atoms with Crippen LogP contribution in [0.5, 0.6) is 0 Å². The van der Waals surface area contributed by atoms with Crippen LogP contribution in [0.3, 0.4) is 0 Å². The second-order valence-electron chi connectivity index (χ2n) is 3.99. The van der Waals surface area contributed by atoms with Gasteiger partial charge in [0.2, 0.25) is 5.95 Å². The summed E-state index contributed by atoms with van der Waals surface area (Å²) in [6.45, 7) is 0. The summed E-state index contributed by atoms with van der Waals surface area (Å²) < 4.78 is 17.8. The Morgan fingerprint density at radius 2 is 1.71 bits per heavy atom. The molecule has 0 aliphatic rings. The van der Waals surface area contributed by atoms with Crippen LogP contribution >= 0.6 is 0 Å². The van der Waals surface area contributed by atoms with Gasteiger partial charge in [-0.05, 0) is 36.4 Å². The van der Waals surface area contributed by atoms with Gasteiger partial charge in [0.1, 0.15) is 0 Å². The lowest BCUT2D eigenvalue weighted by Crippen LogP contribution is -2.14. The number of nitrogens with zero attached hydrogens (tertiary/aromatic N) is 1. The van der Waals surface area contributed by atoms with Gasteiger partial charge >= 0.3 is 6.09 Å². The van der Waals surface area contributed by atoms with Crippen molar-refractivity contribution in [1.82, 2.24) is 4.98 Å². The molecule has 21 heavy (non-hydrogen) atoms. The Morgan fingerprint density at radius 1 is 1.10 bits per heavy atom. The third-order valence-corrected chi connectivity index (χ3v) is 2.58. The number of benzene rings is 1. The van der Waals surface area contributed by atoms with Crippen molar-refractivity contribution in [3.63, 3.8) is 0 Å². The van der Waals surface area contributed by atoms with Gasteiger partial charge in [-0.15, -0.1) is 0 Å². The van der Waals surface area contributed by atoms with E-state index < -0.39 is 17.9 Å². The highest BCUT2D eigenvalue weighted by Gasteiger charge is 2.12. The molecule has 0 spiro atoms. The first kappa shape index (κ1) is 14.4. The largest absolute Gasteiger partial charge is 0.453 e. The summed E-state index contributed by atoms with van der Waals surface area (Å²) in [7, 11) is 1.26. The Kier molecular flexibility index (Phi) is 4.45. The number of methoxy groups -OCH3 is 1. The molecule has 0 saturated carbocycles. The Balaban J connectivity index is 2.05. The number of pyridine rings is 1. The quantitative estimate of drug-likeness (QED) is 0.851. The number of hydrogen-bond donors (Lipinski definition) is 2. The lowest BCUT2D eigenvalue weighted by atomic mass is 10.2. The molecule has 2 N–H and O–H groups in total. The number of halogens is 1. The molecule has 0 aliphatic heterocycles. The Morgan fingerprint density at radius 3 is 2.29 bits per heavy atom.